The van der Waals surface area contributed by atoms with E-state index in [9.17, 15) is 0 Å². The number of nitrogens with zero attached hydrogens (tertiary/aromatic N) is 3. The van der Waals surface area contributed by atoms with Crippen molar-refractivity contribution in [3.63, 3.8) is 0 Å². The van der Waals surface area contributed by atoms with Gasteiger partial charge in [0.1, 0.15) is 10.4 Å². The van der Waals surface area contributed by atoms with Crippen LogP contribution in [-0.4, -0.2) is 15.2 Å². The van der Waals surface area contributed by atoms with Crippen molar-refractivity contribution in [2.45, 2.75) is 6.54 Å². The van der Waals surface area contributed by atoms with E-state index in [-0.39, 0.29) is 0 Å². The van der Waals surface area contributed by atoms with Gasteiger partial charge in [-0.2, -0.15) is 10.2 Å². The highest BCUT2D eigenvalue weighted by Crippen LogP contribution is 2.10. The first-order valence-corrected chi connectivity index (χ1v) is 5.27. The molecule has 15 heavy (non-hydrogen) atoms. The number of halogens is 1. The summed E-state index contributed by atoms with van der Waals surface area (Å²) in [6.45, 7) is 0.622. The van der Waals surface area contributed by atoms with Crippen molar-refractivity contribution >= 4 is 21.7 Å². The Labute approximate surface area is 95.9 Å². The monoisotopic (exact) mass is 264 g/mol. The van der Waals surface area contributed by atoms with E-state index in [1.54, 1.807) is 6.20 Å². The molecule has 5 heteroatoms. The van der Waals surface area contributed by atoms with Crippen molar-refractivity contribution in [3.05, 3.63) is 46.8 Å². The van der Waals surface area contributed by atoms with Crippen LogP contribution in [0.5, 0.6) is 0 Å². The van der Waals surface area contributed by atoms with Crippen LogP contribution in [0.2, 0.25) is 0 Å². The third-order valence-corrected chi connectivity index (χ3v) is 2.23. The normalized spacial score (nSPS) is 9.93. The number of anilines is 1. The summed E-state index contributed by atoms with van der Waals surface area (Å²) in [4.78, 5) is 4.25. The quantitative estimate of drug-likeness (QED) is 0.865. The SMILES string of the molecule is Brc1cccc(NCc2cccnn2)n1. The molecule has 0 aromatic carbocycles. The maximum atomic E-state index is 4.25. The molecule has 76 valence electrons. The van der Waals surface area contributed by atoms with Crippen molar-refractivity contribution in [1.29, 1.82) is 0 Å². The number of nitrogens with one attached hydrogen (secondary N) is 1. The summed E-state index contributed by atoms with van der Waals surface area (Å²) in [5.41, 5.74) is 0.888. The third-order valence-electron chi connectivity index (χ3n) is 1.79. The zero-order valence-corrected chi connectivity index (χ0v) is 9.48. The molecule has 0 aliphatic heterocycles. The van der Waals surface area contributed by atoms with E-state index in [1.807, 2.05) is 30.3 Å². The zero-order valence-electron chi connectivity index (χ0n) is 7.89. The average molecular weight is 265 g/mol. The predicted molar refractivity (Wildman–Crippen MR) is 61.3 cm³/mol. The number of hydrogen-bond acceptors (Lipinski definition) is 4. The van der Waals surface area contributed by atoms with Crippen molar-refractivity contribution in [2.75, 3.05) is 5.32 Å². The highest BCUT2D eigenvalue weighted by atomic mass is 79.9. The van der Waals surface area contributed by atoms with Crippen LogP contribution in [0.1, 0.15) is 5.69 Å². The largest absolute Gasteiger partial charge is 0.364 e. The van der Waals surface area contributed by atoms with Gasteiger partial charge in [-0.05, 0) is 40.2 Å². The van der Waals surface area contributed by atoms with E-state index in [0.29, 0.717) is 6.54 Å². The second kappa shape index (κ2) is 4.84. The van der Waals surface area contributed by atoms with Gasteiger partial charge in [-0.3, -0.25) is 0 Å². The van der Waals surface area contributed by atoms with E-state index >= 15 is 0 Å². The van der Waals surface area contributed by atoms with Gasteiger partial charge in [0.05, 0.1) is 12.2 Å². The Morgan fingerprint density at radius 2 is 2.13 bits per heavy atom. The molecule has 2 aromatic rings. The number of rotatable bonds is 3. The molecule has 0 saturated heterocycles. The maximum Gasteiger partial charge on any atom is 0.127 e. The summed E-state index contributed by atoms with van der Waals surface area (Å²) >= 11 is 3.31. The second-order valence-corrected chi connectivity index (χ2v) is 3.73. The molecule has 2 aromatic heterocycles. The van der Waals surface area contributed by atoms with E-state index in [0.717, 1.165) is 16.1 Å². The summed E-state index contributed by atoms with van der Waals surface area (Å²) in [5, 5.41) is 10.9. The standard InChI is InChI=1S/C10H9BrN4/c11-9-4-1-5-10(14-9)12-7-8-3-2-6-13-15-8/h1-6H,7H2,(H,12,14). The fourth-order valence-electron chi connectivity index (χ4n) is 1.12. The molecule has 2 heterocycles. The number of aromatic nitrogens is 3. The average Bonchev–Trinajstić information content (AvgIpc) is 2.28. The van der Waals surface area contributed by atoms with Gasteiger partial charge in [-0.15, -0.1) is 0 Å². The molecule has 0 atom stereocenters. The van der Waals surface area contributed by atoms with E-state index < -0.39 is 0 Å². The molecule has 0 unspecified atom stereocenters. The lowest BCUT2D eigenvalue weighted by molar-refractivity contribution is 0.920. The first kappa shape index (κ1) is 10.0. The minimum absolute atomic E-state index is 0.622. The molecule has 0 fully saturated rings. The Balaban J connectivity index is 1.99. The van der Waals surface area contributed by atoms with Crippen molar-refractivity contribution in [1.82, 2.24) is 15.2 Å². The molecule has 0 spiro atoms. The minimum Gasteiger partial charge on any atom is -0.364 e. The first-order valence-electron chi connectivity index (χ1n) is 4.47. The van der Waals surface area contributed by atoms with Crippen LogP contribution >= 0.6 is 15.9 Å². The molecular weight excluding hydrogens is 256 g/mol. The lowest BCUT2D eigenvalue weighted by Gasteiger charge is -2.04. The molecular formula is C10H9BrN4. The fraction of sp³-hybridized carbons (Fsp3) is 0.100. The Morgan fingerprint density at radius 3 is 2.87 bits per heavy atom. The van der Waals surface area contributed by atoms with Gasteiger partial charge in [0.2, 0.25) is 0 Å². The van der Waals surface area contributed by atoms with Crippen LogP contribution < -0.4 is 5.32 Å². The van der Waals surface area contributed by atoms with Gasteiger partial charge in [0.25, 0.3) is 0 Å². The summed E-state index contributed by atoms with van der Waals surface area (Å²) in [5.74, 6) is 0.815. The Morgan fingerprint density at radius 1 is 1.20 bits per heavy atom. The molecule has 0 radical (unpaired) electrons. The van der Waals surface area contributed by atoms with Gasteiger partial charge in [0.15, 0.2) is 0 Å². The lowest BCUT2D eigenvalue weighted by Crippen LogP contribution is -2.03. The molecule has 0 amide bonds. The molecule has 2 rings (SSSR count). The Bertz CT molecular complexity index is 432. The molecule has 4 nitrogen and oxygen atoms in total. The lowest BCUT2D eigenvalue weighted by atomic mass is 10.4. The molecule has 0 aliphatic carbocycles. The topological polar surface area (TPSA) is 50.7 Å². The summed E-state index contributed by atoms with van der Waals surface area (Å²) in [6.07, 6.45) is 1.65. The van der Waals surface area contributed by atoms with Crippen LogP contribution in [-0.2, 0) is 6.54 Å². The highest BCUT2D eigenvalue weighted by Gasteiger charge is 1.96. The highest BCUT2D eigenvalue weighted by molar-refractivity contribution is 9.10. The van der Waals surface area contributed by atoms with Gasteiger partial charge in [-0.25, -0.2) is 4.98 Å². The van der Waals surface area contributed by atoms with Crippen molar-refractivity contribution in [2.24, 2.45) is 0 Å². The van der Waals surface area contributed by atoms with Gasteiger partial charge in [-0.1, -0.05) is 6.07 Å². The van der Waals surface area contributed by atoms with Gasteiger partial charge < -0.3 is 5.32 Å². The summed E-state index contributed by atoms with van der Waals surface area (Å²) in [7, 11) is 0. The smallest absolute Gasteiger partial charge is 0.127 e. The third kappa shape index (κ3) is 2.99. The van der Waals surface area contributed by atoms with Crippen molar-refractivity contribution < 1.29 is 0 Å². The van der Waals surface area contributed by atoms with Gasteiger partial charge >= 0.3 is 0 Å². The van der Waals surface area contributed by atoms with E-state index in [2.05, 4.69) is 36.4 Å². The Hall–Kier alpha value is -1.49. The number of pyridine rings is 1. The first-order chi connectivity index (χ1) is 7.34. The second-order valence-electron chi connectivity index (χ2n) is 2.91. The molecule has 0 bridgehead atoms. The summed E-state index contributed by atoms with van der Waals surface area (Å²) in [6, 6.07) is 9.49. The molecule has 1 N–H and O–H groups in total. The summed E-state index contributed by atoms with van der Waals surface area (Å²) < 4.78 is 0.812. The van der Waals surface area contributed by atoms with Gasteiger partial charge in [0, 0.05) is 6.20 Å². The van der Waals surface area contributed by atoms with Crippen LogP contribution in [0.15, 0.2) is 41.1 Å². The van der Waals surface area contributed by atoms with Crippen LogP contribution in [0, 0.1) is 0 Å². The van der Waals surface area contributed by atoms with Crippen LogP contribution in [0.3, 0.4) is 0 Å². The Kier molecular flexibility index (Phi) is 3.24. The number of hydrogen-bond donors (Lipinski definition) is 1. The van der Waals surface area contributed by atoms with E-state index in [4.69, 9.17) is 0 Å². The van der Waals surface area contributed by atoms with E-state index in [1.165, 1.54) is 0 Å². The molecule has 0 saturated carbocycles. The van der Waals surface area contributed by atoms with Crippen molar-refractivity contribution in [3.8, 4) is 0 Å². The molecule has 0 aliphatic rings. The predicted octanol–water partition coefficient (Wildman–Crippen LogP) is 2.25. The zero-order chi connectivity index (χ0) is 10.5. The minimum atomic E-state index is 0.622. The fourth-order valence-corrected chi connectivity index (χ4v) is 1.46. The van der Waals surface area contributed by atoms with Crippen LogP contribution in [0.4, 0.5) is 5.82 Å². The van der Waals surface area contributed by atoms with Crippen LogP contribution in [0.25, 0.3) is 0 Å². The maximum absolute atomic E-state index is 4.25.